The molecule has 2 atom stereocenters. The Balaban J connectivity index is 4.20. The Kier molecular flexibility index (Phi) is 57.4. The third-order valence-corrected chi connectivity index (χ3v) is 13.8. The van der Waals surface area contributed by atoms with E-state index in [4.69, 9.17) is 18.9 Å². The molecule has 0 saturated heterocycles. The minimum atomic E-state index is -1.63. The van der Waals surface area contributed by atoms with Crippen molar-refractivity contribution in [3.63, 3.8) is 0 Å². The maximum absolute atomic E-state index is 12.9. The van der Waals surface area contributed by atoms with Crippen molar-refractivity contribution in [3.05, 3.63) is 97.2 Å². The number of allylic oxidation sites excluding steroid dienone is 16. The summed E-state index contributed by atoms with van der Waals surface area (Å²) in [6.45, 7) is 4.63. The molecular weight excluding hydrogens is 983 g/mol. The number of hydrogen-bond acceptors (Lipinski definition) is 8. The standard InChI is InChI=1S/C70H121NO8/c1-6-8-10-12-14-16-18-20-22-24-26-28-30-32-33-34-35-37-39-41-43-45-47-49-51-53-55-57-59-61-68(73)79-66(65-78-70(69(74)75)76-63-62-71(3,4)5)64-77-67(72)60-58-56-54-52-50-48-46-44-42-40-38-36-31-29-27-25-23-21-19-17-15-13-11-9-7-2/h8,10,14,16,19-22,25-28,32-33,35,37,66,70H,6-7,9,11-13,15,17-18,23-24,29-31,34,36,38-65H2,1-5H3/b10-8-,16-14-,21-19-,22-20-,27-25-,28-26-,33-32-,37-35-. The van der Waals surface area contributed by atoms with Crippen molar-refractivity contribution in [2.45, 2.75) is 283 Å². The van der Waals surface area contributed by atoms with E-state index in [1.165, 1.54) is 148 Å². The van der Waals surface area contributed by atoms with Crippen molar-refractivity contribution in [2.24, 2.45) is 0 Å². The van der Waals surface area contributed by atoms with Gasteiger partial charge in [0.05, 0.1) is 40.3 Å². The Morgan fingerprint density at radius 2 is 0.722 bits per heavy atom. The number of carbonyl (C=O) groups excluding carboxylic acids is 3. The van der Waals surface area contributed by atoms with Gasteiger partial charge in [-0.15, -0.1) is 0 Å². The van der Waals surface area contributed by atoms with Crippen LogP contribution >= 0.6 is 0 Å². The quantitative estimate of drug-likeness (QED) is 0.0195. The van der Waals surface area contributed by atoms with Crippen molar-refractivity contribution in [1.82, 2.24) is 0 Å². The number of hydrogen-bond donors (Lipinski definition) is 0. The molecule has 0 fully saturated rings. The van der Waals surface area contributed by atoms with Crippen molar-refractivity contribution in [3.8, 4) is 0 Å². The van der Waals surface area contributed by atoms with E-state index >= 15 is 0 Å². The molecule has 0 aromatic carbocycles. The first-order chi connectivity index (χ1) is 38.6. The van der Waals surface area contributed by atoms with Gasteiger partial charge in [0.15, 0.2) is 12.4 Å². The molecule has 0 spiro atoms. The van der Waals surface area contributed by atoms with E-state index in [0.717, 1.165) is 89.9 Å². The molecule has 0 amide bonds. The van der Waals surface area contributed by atoms with Gasteiger partial charge in [0.25, 0.3) is 0 Å². The van der Waals surface area contributed by atoms with Gasteiger partial charge in [-0.25, -0.2) is 0 Å². The van der Waals surface area contributed by atoms with Crippen LogP contribution in [0.3, 0.4) is 0 Å². The zero-order valence-corrected chi connectivity index (χ0v) is 51.7. The molecule has 0 bridgehead atoms. The monoisotopic (exact) mass is 1100 g/mol. The summed E-state index contributed by atoms with van der Waals surface area (Å²) >= 11 is 0. The molecule has 0 aliphatic rings. The smallest absolute Gasteiger partial charge is 0.306 e. The van der Waals surface area contributed by atoms with Gasteiger partial charge in [-0.2, -0.15) is 0 Å². The van der Waals surface area contributed by atoms with Crippen LogP contribution in [0.25, 0.3) is 0 Å². The fourth-order valence-corrected chi connectivity index (χ4v) is 8.87. The molecule has 0 aliphatic heterocycles. The van der Waals surface area contributed by atoms with E-state index in [2.05, 4.69) is 111 Å². The fourth-order valence-electron chi connectivity index (χ4n) is 8.87. The van der Waals surface area contributed by atoms with Gasteiger partial charge < -0.3 is 33.3 Å². The number of nitrogens with zero attached hydrogens (tertiary/aromatic N) is 1. The normalized spacial score (nSPS) is 13.4. The molecule has 0 radical (unpaired) electrons. The summed E-state index contributed by atoms with van der Waals surface area (Å²) in [5.41, 5.74) is 0. The summed E-state index contributed by atoms with van der Waals surface area (Å²) in [7, 11) is 5.92. The SMILES string of the molecule is CC/C=C\C/C=C\C/C=C\C/C=C\C/C=C\C/C=C\CCCCCCCCCCCCC(=O)OC(COC(=O)CCCCCCCCCCCCCCC/C=C\C/C=C\CCCCCCC)COC(OCC[N+](C)(C)C)C(=O)[O-]. The van der Waals surface area contributed by atoms with Crippen LogP contribution in [-0.4, -0.2) is 82.3 Å². The topological polar surface area (TPSA) is 111 Å². The number of carboxylic acid groups (broad SMARTS) is 1. The lowest BCUT2D eigenvalue weighted by Crippen LogP contribution is -2.44. The van der Waals surface area contributed by atoms with Crippen LogP contribution in [0.15, 0.2) is 97.2 Å². The van der Waals surface area contributed by atoms with E-state index in [1.807, 2.05) is 21.1 Å². The maximum Gasteiger partial charge on any atom is 0.306 e. The van der Waals surface area contributed by atoms with E-state index < -0.39 is 24.3 Å². The molecular formula is C70H121NO8. The lowest BCUT2D eigenvalue weighted by Gasteiger charge is -2.26. The highest BCUT2D eigenvalue weighted by atomic mass is 16.7. The van der Waals surface area contributed by atoms with Crippen molar-refractivity contribution in [2.75, 3.05) is 47.5 Å². The van der Waals surface area contributed by atoms with Crippen LogP contribution in [0.5, 0.6) is 0 Å². The van der Waals surface area contributed by atoms with Gasteiger partial charge in [0.1, 0.15) is 13.2 Å². The highest BCUT2D eigenvalue weighted by Crippen LogP contribution is 2.16. The lowest BCUT2D eigenvalue weighted by atomic mass is 10.0. The molecule has 0 aliphatic carbocycles. The first kappa shape index (κ1) is 75.2. The highest BCUT2D eigenvalue weighted by molar-refractivity contribution is 5.70. The first-order valence-electron chi connectivity index (χ1n) is 32.4. The van der Waals surface area contributed by atoms with Gasteiger partial charge in [0, 0.05) is 12.8 Å². The summed E-state index contributed by atoms with van der Waals surface area (Å²) in [5.74, 6) is -2.29. The number of likely N-dealkylation sites (N-methyl/N-ethyl adjacent to an activating group) is 1. The zero-order chi connectivity index (χ0) is 57.6. The van der Waals surface area contributed by atoms with Gasteiger partial charge in [-0.3, -0.25) is 9.59 Å². The van der Waals surface area contributed by atoms with Gasteiger partial charge in [-0.05, 0) is 96.3 Å². The number of carboxylic acids is 1. The molecule has 0 aromatic rings. The fraction of sp³-hybridized carbons (Fsp3) is 0.729. The van der Waals surface area contributed by atoms with Crippen molar-refractivity contribution >= 4 is 17.9 Å². The Labute approximate surface area is 486 Å². The van der Waals surface area contributed by atoms with Crippen LogP contribution < -0.4 is 5.11 Å². The second-order valence-electron chi connectivity index (χ2n) is 22.7. The molecule has 0 rings (SSSR count). The predicted octanol–water partition coefficient (Wildman–Crippen LogP) is 18.4. The second-order valence-corrected chi connectivity index (χ2v) is 22.7. The molecule has 0 heterocycles. The highest BCUT2D eigenvalue weighted by Gasteiger charge is 2.22. The van der Waals surface area contributed by atoms with Crippen molar-refractivity contribution < 1.29 is 42.9 Å². The average Bonchev–Trinajstić information content (AvgIpc) is 3.42. The Hall–Kier alpha value is -3.79. The summed E-state index contributed by atoms with van der Waals surface area (Å²) < 4.78 is 22.8. The Morgan fingerprint density at radius 3 is 1.08 bits per heavy atom. The van der Waals surface area contributed by atoms with E-state index in [9.17, 15) is 19.5 Å². The van der Waals surface area contributed by atoms with Gasteiger partial charge in [-0.1, -0.05) is 259 Å². The van der Waals surface area contributed by atoms with E-state index in [1.54, 1.807) is 0 Å². The lowest BCUT2D eigenvalue weighted by molar-refractivity contribution is -0.870. The van der Waals surface area contributed by atoms with Crippen molar-refractivity contribution in [1.29, 1.82) is 0 Å². The van der Waals surface area contributed by atoms with Crippen LogP contribution in [0.2, 0.25) is 0 Å². The third kappa shape index (κ3) is 61.7. The van der Waals surface area contributed by atoms with Gasteiger partial charge >= 0.3 is 11.9 Å². The van der Waals surface area contributed by atoms with Crippen LogP contribution in [0, 0.1) is 0 Å². The van der Waals surface area contributed by atoms with Crippen LogP contribution in [0.4, 0.5) is 0 Å². The number of quaternary nitrogens is 1. The summed E-state index contributed by atoms with van der Waals surface area (Å²) in [4.78, 5) is 37.4. The average molecular weight is 1100 g/mol. The minimum absolute atomic E-state index is 0.143. The molecule has 454 valence electrons. The number of ether oxygens (including phenoxy) is 4. The predicted molar refractivity (Wildman–Crippen MR) is 334 cm³/mol. The minimum Gasteiger partial charge on any atom is -0.545 e. The summed E-state index contributed by atoms with van der Waals surface area (Å²) in [5, 5.41) is 11.8. The zero-order valence-electron chi connectivity index (χ0n) is 51.7. The molecule has 9 heteroatoms. The molecule has 2 unspecified atom stereocenters. The van der Waals surface area contributed by atoms with Crippen LogP contribution in [-0.2, 0) is 33.3 Å². The molecule has 9 nitrogen and oxygen atoms in total. The third-order valence-electron chi connectivity index (χ3n) is 13.8. The molecule has 0 aromatic heterocycles. The molecule has 0 N–H and O–H groups in total. The Morgan fingerprint density at radius 1 is 0.392 bits per heavy atom. The molecule has 79 heavy (non-hydrogen) atoms. The number of rotatable bonds is 59. The first-order valence-corrected chi connectivity index (χ1v) is 32.4. The van der Waals surface area contributed by atoms with E-state index in [0.29, 0.717) is 17.4 Å². The van der Waals surface area contributed by atoms with Gasteiger partial charge in [0.2, 0.25) is 0 Å². The second kappa shape index (κ2) is 60.3. The molecule has 0 saturated carbocycles. The summed E-state index contributed by atoms with van der Waals surface area (Å²) in [6, 6.07) is 0. The van der Waals surface area contributed by atoms with E-state index in [-0.39, 0.29) is 38.6 Å². The summed E-state index contributed by atoms with van der Waals surface area (Å²) in [6.07, 6.45) is 78.9. The number of aliphatic carboxylic acids is 1. The van der Waals surface area contributed by atoms with Crippen LogP contribution in [0.1, 0.15) is 271 Å². The number of esters is 2. The number of unbranched alkanes of at least 4 members (excludes halogenated alkanes) is 28. The number of carbonyl (C=O) groups is 3. The maximum atomic E-state index is 12.9. The largest absolute Gasteiger partial charge is 0.545 e. The Bertz CT molecular complexity index is 1620.